The van der Waals surface area contributed by atoms with E-state index < -0.39 is 11.3 Å². The molecule has 0 fully saturated rings. The average molecular weight is 231 g/mol. The van der Waals surface area contributed by atoms with Crippen molar-refractivity contribution in [1.82, 2.24) is 4.72 Å². The first kappa shape index (κ1) is 10.1. The van der Waals surface area contributed by atoms with Gasteiger partial charge in [-0.15, -0.1) is 0 Å². The zero-order chi connectivity index (χ0) is 10.1. The van der Waals surface area contributed by atoms with Gasteiger partial charge >= 0.3 is 0 Å². The van der Waals surface area contributed by atoms with Crippen LogP contribution >= 0.6 is 11.6 Å². The fourth-order valence-corrected chi connectivity index (χ4v) is 2.66. The van der Waals surface area contributed by atoms with Gasteiger partial charge in [-0.2, -0.15) is 0 Å². The van der Waals surface area contributed by atoms with Crippen molar-refractivity contribution in [3.8, 4) is 0 Å². The second kappa shape index (κ2) is 3.98. The van der Waals surface area contributed by atoms with Crippen LogP contribution in [0.4, 0.5) is 0 Å². The third-order valence-electron chi connectivity index (χ3n) is 2.43. The van der Waals surface area contributed by atoms with Gasteiger partial charge in [-0.1, -0.05) is 23.7 Å². The van der Waals surface area contributed by atoms with Crippen LogP contribution in [0.2, 0.25) is 5.02 Å². The Morgan fingerprint density at radius 3 is 3.07 bits per heavy atom. The van der Waals surface area contributed by atoms with E-state index in [9.17, 15) is 8.76 Å². The highest BCUT2D eigenvalue weighted by Gasteiger charge is 2.24. The lowest BCUT2D eigenvalue weighted by Crippen LogP contribution is -2.21. The molecular formula is C9H9ClNO2S-. The predicted molar refractivity (Wildman–Crippen MR) is 54.6 cm³/mol. The molecule has 1 N–H and O–H groups in total. The van der Waals surface area contributed by atoms with Crippen LogP contribution in [-0.4, -0.2) is 8.76 Å². The second-order valence-corrected chi connectivity index (χ2v) is 4.37. The summed E-state index contributed by atoms with van der Waals surface area (Å²) in [5.74, 6) is 0. The van der Waals surface area contributed by atoms with Crippen LogP contribution < -0.4 is 4.72 Å². The molecule has 1 aromatic carbocycles. The smallest absolute Gasteiger partial charge is 0.0456 e. The van der Waals surface area contributed by atoms with Crippen LogP contribution in [-0.2, 0) is 17.7 Å². The SMILES string of the molecule is O=S([O-])NC1CCc2cccc(Cl)c21. The van der Waals surface area contributed by atoms with E-state index in [-0.39, 0.29) is 6.04 Å². The zero-order valence-corrected chi connectivity index (χ0v) is 8.90. The van der Waals surface area contributed by atoms with Gasteiger partial charge in [0.15, 0.2) is 0 Å². The average Bonchev–Trinajstić information content (AvgIpc) is 2.49. The Morgan fingerprint density at radius 2 is 2.36 bits per heavy atom. The zero-order valence-electron chi connectivity index (χ0n) is 7.33. The molecule has 76 valence electrons. The number of nitrogens with one attached hydrogen (secondary N) is 1. The van der Waals surface area contributed by atoms with Gasteiger partial charge in [0.25, 0.3) is 0 Å². The Bertz CT molecular complexity index is 383. The first-order valence-electron chi connectivity index (χ1n) is 4.31. The van der Waals surface area contributed by atoms with Crippen LogP contribution in [0.25, 0.3) is 0 Å². The molecule has 1 aliphatic carbocycles. The lowest BCUT2D eigenvalue weighted by molar-refractivity contribution is 0.504. The van der Waals surface area contributed by atoms with Gasteiger partial charge < -0.3 is 4.55 Å². The topological polar surface area (TPSA) is 52.2 Å². The van der Waals surface area contributed by atoms with Crippen molar-refractivity contribution in [3.05, 3.63) is 34.3 Å². The van der Waals surface area contributed by atoms with Crippen molar-refractivity contribution in [1.29, 1.82) is 0 Å². The Kier molecular flexibility index (Phi) is 2.88. The molecule has 2 atom stereocenters. The standard InChI is InChI=1S/C9H10ClNO2S/c10-7-3-1-2-6-4-5-8(9(6)7)11-14(12)13/h1-3,8,11H,4-5H2,(H,12,13)/p-1. The summed E-state index contributed by atoms with van der Waals surface area (Å²) in [6.45, 7) is 0. The monoisotopic (exact) mass is 230 g/mol. The normalized spacial score (nSPS) is 22.0. The highest BCUT2D eigenvalue weighted by atomic mass is 35.5. The number of halogens is 1. The van der Waals surface area contributed by atoms with E-state index in [0.717, 1.165) is 24.0 Å². The summed E-state index contributed by atoms with van der Waals surface area (Å²) < 4.78 is 23.5. The Balaban J connectivity index is 2.33. The van der Waals surface area contributed by atoms with E-state index in [4.69, 9.17) is 11.6 Å². The molecule has 0 saturated heterocycles. The summed E-state index contributed by atoms with van der Waals surface area (Å²) in [5.41, 5.74) is 2.07. The summed E-state index contributed by atoms with van der Waals surface area (Å²) in [5, 5.41) is 0.642. The molecule has 0 radical (unpaired) electrons. The lowest BCUT2D eigenvalue weighted by Gasteiger charge is -2.16. The minimum absolute atomic E-state index is 0.156. The van der Waals surface area contributed by atoms with Crippen LogP contribution in [0.5, 0.6) is 0 Å². The molecule has 0 bridgehead atoms. The minimum atomic E-state index is -2.23. The van der Waals surface area contributed by atoms with Crippen molar-refractivity contribution >= 4 is 22.9 Å². The van der Waals surface area contributed by atoms with Crippen LogP contribution in [0, 0.1) is 0 Å². The van der Waals surface area contributed by atoms with Gasteiger partial charge in [0.2, 0.25) is 0 Å². The number of fused-ring (bicyclic) bond motifs is 1. The van der Waals surface area contributed by atoms with Gasteiger partial charge in [0.1, 0.15) is 0 Å². The summed E-state index contributed by atoms with van der Waals surface area (Å²) in [4.78, 5) is 0. The lowest BCUT2D eigenvalue weighted by atomic mass is 10.1. The predicted octanol–water partition coefficient (Wildman–Crippen LogP) is 1.71. The van der Waals surface area contributed by atoms with E-state index >= 15 is 0 Å². The third-order valence-corrected chi connectivity index (χ3v) is 3.24. The van der Waals surface area contributed by atoms with Crippen LogP contribution in [0.1, 0.15) is 23.6 Å². The minimum Gasteiger partial charge on any atom is -0.760 e. The molecule has 3 nitrogen and oxygen atoms in total. The van der Waals surface area contributed by atoms with Gasteiger partial charge in [0, 0.05) is 22.3 Å². The molecule has 0 aromatic heterocycles. The maximum atomic E-state index is 10.5. The van der Waals surface area contributed by atoms with Crippen molar-refractivity contribution < 1.29 is 8.76 Å². The molecule has 2 rings (SSSR count). The molecule has 1 aromatic rings. The molecular weight excluding hydrogens is 222 g/mol. The quantitative estimate of drug-likeness (QED) is 0.787. The highest BCUT2D eigenvalue weighted by molar-refractivity contribution is 7.77. The van der Waals surface area contributed by atoms with Crippen molar-refractivity contribution in [3.63, 3.8) is 0 Å². The largest absolute Gasteiger partial charge is 0.760 e. The molecule has 14 heavy (non-hydrogen) atoms. The number of hydrogen-bond donors (Lipinski definition) is 1. The number of rotatable bonds is 2. The second-order valence-electron chi connectivity index (χ2n) is 3.26. The summed E-state index contributed by atoms with van der Waals surface area (Å²) in [6.07, 6.45) is 1.66. The van der Waals surface area contributed by atoms with Gasteiger partial charge in [-0.3, -0.25) is 4.21 Å². The molecule has 5 heteroatoms. The van der Waals surface area contributed by atoms with E-state index in [2.05, 4.69) is 4.72 Å². The highest BCUT2D eigenvalue weighted by Crippen LogP contribution is 2.36. The van der Waals surface area contributed by atoms with Gasteiger partial charge in [0.05, 0.1) is 0 Å². The molecule has 1 aliphatic rings. The van der Waals surface area contributed by atoms with E-state index in [1.165, 1.54) is 0 Å². The van der Waals surface area contributed by atoms with E-state index in [1.54, 1.807) is 6.07 Å². The maximum absolute atomic E-state index is 10.5. The summed E-state index contributed by atoms with van der Waals surface area (Å²) in [6, 6.07) is 5.50. The molecule has 2 unspecified atom stereocenters. The number of hydrogen-bond acceptors (Lipinski definition) is 2. The summed E-state index contributed by atoms with van der Waals surface area (Å²) >= 11 is 3.78. The molecule has 0 spiro atoms. The third kappa shape index (κ3) is 1.83. The Hall–Kier alpha value is -0.420. The first-order valence-corrected chi connectivity index (χ1v) is 5.76. The van der Waals surface area contributed by atoms with Crippen molar-refractivity contribution in [2.75, 3.05) is 0 Å². The molecule has 0 amide bonds. The van der Waals surface area contributed by atoms with E-state index in [0.29, 0.717) is 5.02 Å². The van der Waals surface area contributed by atoms with Crippen molar-refractivity contribution in [2.45, 2.75) is 18.9 Å². The fourth-order valence-electron chi connectivity index (χ4n) is 1.87. The number of benzene rings is 1. The van der Waals surface area contributed by atoms with E-state index in [1.807, 2.05) is 12.1 Å². The van der Waals surface area contributed by atoms with Gasteiger partial charge in [-0.25, -0.2) is 4.72 Å². The van der Waals surface area contributed by atoms with Crippen LogP contribution in [0.3, 0.4) is 0 Å². The molecule has 0 aliphatic heterocycles. The maximum Gasteiger partial charge on any atom is 0.0456 e. The van der Waals surface area contributed by atoms with Crippen molar-refractivity contribution in [2.24, 2.45) is 0 Å². The first-order chi connectivity index (χ1) is 6.68. The Labute approximate surface area is 89.9 Å². The molecule has 0 heterocycles. The fraction of sp³-hybridized carbons (Fsp3) is 0.333. The summed E-state index contributed by atoms with van der Waals surface area (Å²) in [7, 11) is 0. The van der Waals surface area contributed by atoms with Crippen LogP contribution in [0.15, 0.2) is 18.2 Å². The van der Waals surface area contributed by atoms with Gasteiger partial charge in [-0.05, 0) is 30.0 Å². The number of aryl methyl sites for hydroxylation is 1. The molecule has 0 saturated carbocycles. The Morgan fingerprint density at radius 1 is 1.57 bits per heavy atom.